The Kier molecular flexibility index (Phi) is 5.19. The number of para-hydroxylation sites is 1. The van der Waals surface area contributed by atoms with Gasteiger partial charge in [-0.25, -0.2) is 8.78 Å². The fourth-order valence-electron chi connectivity index (χ4n) is 1.48. The molecule has 0 spiro atoms. The van der Waals surface area contributed by atoms with Gasteiger partial charge in [0.25, 0.3) is 6.43 Å². The summed E-state index contributed by atoms with van der Waals surface area (Å²) >= 11 is 0. The van der Waals surface area contributed by atoms with E-state index in [1.54, 1.807) is 11.9 Å². The van der Waals surface area contributed by atoms with Crippen molar-refractivity contribution in [3.05, 3.63) is 29.8 Å². The molecule has 90 valence electrons. The molecule has 0 fully saturated rings. The SMILES string of the molecule is Cc1ccccc1NCCN(C)CC(F)F. The van der Waals surface area contributed by atoms with Crippen LogP contribution in [0.4, 0.5) is 14.5 Å². The molecular weight excluding hydrogens is 210 g/mol. The topological polar surface area (TPSA) is 15.3 Å². The monoisotopic (exact) mass is 228 g/mol. The summed E-state index contributed by atoms with van der Waals surface area (Å²) in [5, 5.41) is 3.23. The maximum Gasteiger partial charge on any atom is 0.251 e. The molecule has 1 aromatic rings. The Morgan fingerprint density at radius 1 is 1.31 bits per heavy atom. The van der Waals surface area contributed by atoms with Crippen LogP contribution in [0.5, 0.6) is 0 Å². The van der Waals surface area contributed by atoms with Gasteiger partial charge in [0.1, 0.15) is 0 Å². The van der Waals surface area contributed by atoms with Crippen molar-refractivity contribution in [1.29, 1.82) is 0 Å². The summed E-state index contributed by atoms with van der Waals surface area (Å²) in [5.74, 6) is 0. The molecule has 0 heterocycles. The van der Waals surface area contributed by atoms with E-state index in [1.165, 1.54) is 5.56 Å². The summed E-state index contributed by atoms with van der Waals surface area (Å²) in [7, 11) is 1.70. The Balaban J connectivity index is 2.28. The number of rotatable bonds is 6. The molecule has 0 amide bonds. The first kappa shape index (κ1) is 12.9. The van der Waals surface area contributed by atoms with E-state index in [1.807, 2.05) is 31.2 Å². The lowest BCUT2D eigenvalue weighted by Crippen LogP contribution is -2.29. The van der Waals surface area contributed by atoms with Crippen LogP contribution in [-0.2, 0) is 0 Å². The van der Waals surface area contributed by atoms with E-state index in [0.717, 1.165) is 5.69 Å². The molecule has 4 heteroatoms. The second kappa shape index (κ2) is 6.43. The summed E-state index contributed by atoms with van der Waals surface area (Å²) < 4.78 is 24.1. The number of alkyl halides is 2. The van der Waals surface area contributed by atoms with Crippen LogP contribution in [-0.4, -0.2) is 38.0 Å². The Hall–Kier alpha value is -1.16. The molecule has 16 heavy (non-hydrogen) atoms. The Morgan fingerprint density at radius 2 is 2.00 bits per heavy atom. The first-order chi connectivity index (χ1) is 7.59. The van der Waals surface area contributed by atoms with Crippen molar-refractivity contribution < 1.29 is 8.78 Å². The highest BCUT2D eigenvalue weighted by molar-refractivity contribution is 5.50. The molecule has 0 saturated carbocycles. The van der Waals surface area contributed by atoms with Gasteiger partial charge in [-0.3, -0.25) is 4.90 Å². The first-order valence-electron chi connectivity index (χ1n) is 5.36. The Morgan fingerprint density at radius 3 is 2.62 bits per heavy atom. The van der Waals surface area contributed by atoms with E-state index >= 15 is 0 Å². The van der Waals surface area contributed by atoms with Crippen molar-refractivity contribution in [2.24, 2.45) is 0 Å². The highest BCUT2D eigenvalue weighted by Gasteiger charge is 2.06. The van der Waals surface area contributed by atoms with Gasteiger partial charge in [0.15, 0.2) is 0 Å². The second-order valence-corrected chi connectivity index (χ2v) is 3.90. The van der Waals surface area contributed by atoms with Gasteiger partial charge in [-0.05, 0) is 25.6 Å². The van der Waals surface area contributed by atoms with Gasteiger partial charge in [-0.15, -0.1) is 0 Å². The number of aryl methyl sites for hydroxylation is 1. The number of halogens is 2. The minimum atomic E-state index is -2.26. The standard InChI is InChI=1S/C12H18F2N2/c1-10-5-3-4-6-11(10)15-7-8-16(2)9-12(13)14/h3-6,12,15H,7-9H2,1-2H3. The number of benzene rings is 1. The lowest BCUT2D eigenvalue weighted by Gasteiger charge is -2.17. The molecule has 0 unspecified atom stereocenters. The summed E-state index contributed by atoms with van der Waals surface area (Å²) in [6.07, 6.45) is -2.26. The van der Waals surface area contributed by atoms with Gasteiger partial charge >= 0.3 is 0 Å². The van der Waals surface area contributed by atoms with Gasteiger partial charge in [0.2, 0.25) is 0 Å². The third-order valence-corrected chi connectivity index (χ3v) is 2.40. The van der Waals surface area contributed by atoms with Crippen LogP contribution in [0.25, 0.3) is 0 Å². The van der Waals surface area contributed by atoms with Crippen molar-refractivity contribution >= 4 is 5.69 Å². The number of nitrogens with one attached hydrogen (secondary N) is 1. The average Bonchev–Trinajstić information content (AvgIpc) is 2.19. The average molecular weight is 228 g/mol. The normalized spacial score (nSPS) is 11.1. The smallest absolute Gasteiger partial charge is 0.251 e. The zero-order chi connectivity index (χ0) is 12.0. The molecule has 1 rings (SSSR count). The number of anilines is 1. The van der Waals surface area contributed by atoms with Crippen LogP contribution in [0.2, 0.25) is 0 Å². The highest BCUT2D eigenvalue weighted by Crippen LogP contribution is 2.12. The number of nitrogens with zero attached hydrogens (tertiary/aromatic N) is 1. The summed E-state index contributed by atoms with van der Waals surface area (Å²) in [4.78, 5) is 1.62. The molecular formula is C12H18F2N2. The van der Waals surface area contributed by atoms with E-state index in [-0.39, 0.29) is 6.54 Å². The lowest BCUT2D eigenvalue weighted by molar-refractivity contribution is 0.102. The van der Waals surface area contributed by atoms with E-state index in [9.17, 15) is 8.78 Å². The van der Waals surface area contributed by atoms with E-state index < -0.39 is 6.43 Å². The highest BCUT2D eigenvalue weighted by atomic mass is 19.3. The van der Waals surface area contributed by atoms with Crippen LogP contribution in [0, 0.1) is 6.92 Å². The zero-order valence-electron chi connectivity index (χ0n) is 9.71. The maximum absolute atomic E-state index is 12.0. The third-order valence-electron chi connectivity index (χ3n) is 2.40. The van der Waals surface area contributed by atoms with Crippen LogP contribution in [0.1, 0.15) is 5.56 Å². The minimum absolute atomic E-state index is 0.171. The van der Waals surface area contributed by atoms with Crippen molar-refractivity contribution in [2.75, 3.05) is 32.0 Å². The van der Waals surface area contributed by atoms with Gasteiger partial charge in [0.05, 0.1) is 6.54 Å². The number of hydrogen-bond donors (Lipinski definition) is 1. The van der Waals surface area contributed by atoms with E-state index in [4.69, 9.17) is 0 Å². The molecule has 1 aromatic carbocycles. The predicted octanol–water partition coefficient (Wildman–Crippen LogP) is 2.60. The molecule has 0 saturated heterocycles. The predicted molar refractivity (Wildman–Crippen MR) is 63.2 cm³/mol. The van der Waals surface area contributed by atoms with Gasteiger partial charge in [0, 0.05) is 18.8 Å². The van der Waals surface area contributed by atoms with Gasteiger partial charge in [-0.2, -0.15) is 0 Å². The number of likely N-dealkylation sites (N-methyl/N-ethyl adjacent to an activating group) is 1. The second-order valence-electron chi connectivity index (χ2n) is 3.90. The summed E-state index contributed by atoms with van der Waals surface area (Å²) in [6.45, 7) is 3.13. The minimum Gasteiger partial charge on any atom is -0.384 e. The maximum atomic E-state index is 12.0. The molecule has 2 nitrogen and oxygen atoms in total. The molecule has 0 aromatic heterocycles. The first-order valence-corrected chi connectivity index (χ1v) is 5.36. The quantitative estimate of drug-likeness (QED) is 0.805. The largest absolute Gasteiger partial charge is 0.384 e. The molecule has 0 aliphatic heterocycles. The summed E-state index contributed by atoms with van der Waals surface area (Å²) in [6, 6.07) is 7.94. The van der Waals surface area contributed by atoms with Crippen molar-refractivity contribution in [3.8, 4) is 0 Å². The van der Waals surface area contributed by atoms with Crippen LogP contribution in [0.15, 0.2) is 24.3 Å². The molecule has 0 radical (unpaired) electrons. The number of hydrogen-bond acceptors (Lipinski definition) is 2. The van der Waals surface area contributed by atoms with Gasteiger partial charge in [-0.1, -0.05) is 18.2 Å². The molecule has 0 aliphatic rings. The third kappa shape index (κ3) is 4.57. The molecule has 1 N–H and O–H groups in total. The zero-order valence-corrected chi connectivity index (χ0v) is 9.71. The Labute approximate surface area is 95.3 Å². The van der Waals surface area contributed by atoms with Crippen molar-refractivity contribution in [3.63, 3.8) is 0 Å². The van der Waals surface area contributed by atoms with Crippen LogP contribution in [0.3, 0.4) is 0 Å². The molecule has 0 atom stereocenters. The fourth-order valence-corrected chi connectivity index (χ4v) is 1.48. The molecule has 0 aliphatic carbocycles. The molecule has 0 bridgehead atoms. The summed E-state index contributed by atoms with van der Waals surface area (Å²) in [5.41, 5.74) is 2.23. The van der Waals surface area contributed by atoms with E-state index in [2.05, 4.69) is 5.32 Å². The Bertz CT molecular complexity index is 316. The van der Waals surface area contributed by atoms with Crippen LogP contribution < -0.4 is 5.32 Å². The van der Waals surface area contributed by atoms with Crippen molar-refractivity contribution in [2.45, 2.75) is 13.3 Å². The van der Waals surface area contributed by atoms with E-state index in [0.29, 0.717) is 13.1 Å². The lowest BCUT2D eigenvalue weighted by atomic mass is 10.2. The van der Waals surface area contributed by atoms with Gasteiger partial charge < -0.3 is 5.32 Å². The van der Waals surface area contributed by atoms with Crippen LogP contribution >= 0.6 is 0 Å². The van der Waals surface area contributed by atoms with Crippen molar-refractivity contribution in [1.82, 2.24) is 4.90 Å². The fraction of sp³-hybridized carbons (Fsp3) is 0.500.